The van der Waals surface area contributed by atoms with E-state index in [1.165, 1.54) is 11.1 Å². The number of nitrogens with zero attached hydrogens (tertiary/aromatic N) is 2. The highest BCUT2D eigenvalue weighted by Crippen LogP contribution is 2.29. The molecule has 1 N–H and O–H groups in total. The van der Waals surface area contributed by atoms with E-state index in [1.54, 1.807) is 34.1 Å². The van der Waals surface area contributed by atoms with E-state index < -0.39 is 6.04 Å². The van der Waals surface area contributed by atoms with E-state index >= 15 is 0 Å². The van der Waals surface area contributed by atoms with Gasteiger partial charge in [-0.25, -0.2) is 4.40 Å². The summed E-state index contributed by atoms with van der Waals surface area (Å²) in [5.74, 6) is 0.979. The zero-order valence-corrected chi connectivity index (χ0v) is 21.0. The number of aryl methyl sites for hydroxylation is 1. The molecule has 2 aromatic rings. The average molecular weight is 484 g/mol. The van der Waals surface area contributed by atoms with Crippen LogP contribution in [0.1, 0.15) is 37.8 Å². The van der Waals surface area contributed by atoms with Gasteiger partial charge in [-0.1, -0.05) is 36.4 Å². The first kappa shape index (κ1) is 27.0. The number of benzene rings is 2. The first-order valence-electron chi connectivity index (χ1n) is 11.1. The van der Waals surface area contributed by atoms with Crippen LogP contribution < -0.4 is 14.8 Å². The number of thiol groups is 1. The third-order valence-electron chi connectivity index (χ3n) is 5.38. The van der Waals surface area contributed by atoms with Gasteiger partial charge in [0.05, 0.1) is 7.11 Å². The highest BCUT2D eigenvalue weighted by Gasteiger charge is 2.21. The topological polar surface area (TPSA) is 80.2 Å². The minimum Gasteiger partial charge on any atom is -0.493 e. The summed E-state index contributed by atoms with van der Waals surface area (Å²) in [5.41, 5.74) is 2.78. The van der Waals surface area contributed by atoms with Gasteiger partial charge < -0.3 is 19.7 Å². The summed E-state index contributed by atoms with van der Waals surface area (Å²) in [4.78, 5) is 26.3. The fraction of sp³-hybridized carbons (Fsp3) is 0.346. The molecule has 0 bridgehead atoms. The zero-order valence-electron chi connectivity index (χ0n) is 20.2. The van der Waals surface area contributed by atoms with Crippen molar-refractivity contribution in [3.63, 3.8) is 0 Å². The molecule has 0 aliphatic carbocycles. The van der Waals surface area contributed by atoms with Crippen molar-refractivity contribution >= 4 is 30.3 Å². The second kappa shape index (κ2) is 14.1. The SMILES string of the molecule is COc1ccc(CCCC(=O)N(C)C(C)C(=O)N/C=C/C(C)=N\S)cc1OCc1ccccc1. The Balaban J connectivity index is 1.87. The first-order valence-corrected chi connectivity index (χ1v) is 11.5. The number of amides is 2. The number of hydrogen-bond acceptors (Lipinski definition) is 6. The van der Waals surface area contributed by atoms with Gasteiger partial charge in [0.25, 0.3) is 0 Å². The average Bonchev–Trinajstić information content (AvgIpc) is 2.86. The molecule has 0 fully saturated rings. The molecular formula is C26H33N3O4S. The lowest BCUT2D eigenvalue weighted by Gasteiger charge is -2.23. The van der Waals surface area contributed by atoms with Gasteiger partial charge in [-0.3, -0.25) is 9.59 Å². The largest absolute Gasteiger partial charge is 0.493 e. The van der Waals surface area contributed by atoms with E-state index in [0.717, 1.165) is 11.1 Å². The molecule has 34 heavy (non-hydrogen) atoms. The summed E-state index contributed by atoms with van der Waals surface area (Å²) in [6, 6.07) is 15.1. The van der Waals surface area contributed by atoms with Crippen LogP contribution in [0.4, 0.5) is 0 Å². The lowest BCUT2D eigenvalue weighted by atomic mass is 10.1. The van der Waals surface area contributed by atoms with E-state index in [4.69, 9.17) is 9.47 Å². The molecule has 0 saturated heterocycles. The van der Waals surface area contributed by atoms with Gasteiger partial charge in [-0.05, 0) is 68.8 Å². The van der Waals surface area contributed by atoms with Crippen LogP contribution in [0.25, 0.3) is 0 Å². The summed E-state index contributed by atoms with van der Waals surface area (Å²) in [6.07, 6.45) is 4.82. The summed E-state index contributed by atoms with van der Waals surface area (Å²) in [5, 5.41) is 2.65. The molecule has 1 atom stereocenters. The summed E-state index contributed by atoms with van der Waals surface area (Å²) >= 11 is 3.80. The summed E-state index contributed by atoms with van der Waals surface area (Å²) in [7, 11) is 3.25. The molecular weight excluding hydrogens is 450 g/mol. The second-order valence-electron chi connectivity index (χ2n) is 7.88. The van der Waals surface area contributed by atoms with Gasteiger partial charge in [0.1, 0.15) is 12.6 Å². The van der Waals surface area contributed by atoms with Crippen LogP contribution in [0.5, 0.6) is 11.5 Å². The Morgan fingerprint density at radius 3 is 2.56 bits per heavy atom. The van der Waals surface area contributed by atoms with Gasteiger partial charge in [-0.2, -0.15) is 0 Å². The third kappa shape index (κ3) is 8.59. The molecule has 182 valence electrons. The van der Waals surface area contributed by atoms with Gasteiger partial charge in [0.2, 0.25) is 11.8 Å². The monoisotopic (exact) mass is 483 g/mol. The van der Waals surface area contributed by atoms with Crippen LogP contribution in [0, 0.1) is 0 Å². The number of carbonyl (C=O) groups excluding carboxylic acids is 2. The molecule has 1 unspecified atom stereocenters. The second-order valence-corrected chi connectivity index (χ2v) is 8.08. The van der Waals surface area contributed by atoms with Gasteiger partial charge >= 0.3 is 0 Å². The molecule has 8 heteroatoms. The van der Waals surface area contributed by atoms with Gasteiger partial charge in [0.15, 0.2) is 11.5 Å². The van der Waals surface area contributed by atoms with Crippen LogP contribution >= 0.6 is 12.8 Å². The van der Waals surface area contributed by atoms with Crippen molar-refractivity contribution in [3.05, 3.63) is 71.9 Å². The van der Waals surface area contributed by atoms with Crippen LogP contribution in [-0.2, 0) is 22.6 Å². The van der Waals surface area contributed by atoms with Crippen molar-refractivity contribution in [2.75, 3.05) is 14.2 Å². The Morgan fingerprint density at radius 1 is 1.15 bits per heavy atom. The van der Waals surface area contributed by atoms with Crippen LogP contribution in [0.3, 0.4) is 0 Å². The van der Waals surface area contributed by atoms with Crippen molar-refractivity contribution in [1.29, 1.82) is 0 Å². The van der Waals surface area contributed by atoms with E-state index in [9.17, 15) is 9.59 Å². The molecule has 0 aliphatic heterocycles. The Kier molecular flexibility index (Phi) is 11.2. The summed E-state index contributed by atoms with van der Waals surface area (Å²) < 4.78 is 15.1. The van der Waals surface area contributed by atoms with Crippen molar-refractivity contribution < 1.29 is 19.1 Å². The Morgan fingerprint density at radius 2 is 1.88 bits per heavy atom. The van der Waals surface area contributed by atoms with Crippen LogP contribution in [-0.4, -0.2) is 42.6 Å². The predicted molar refractivity (Wildman–Crippen MR) is 138 cm³/mol. The number of carbonyl (C=O) groups is 2. The van der Waals surface area contributed by atoms with E-state index in [2.05, 4.69) is 22.5 Å². The smallest absolute Gasteiger partial charge is 0.246 e. The maximum absolute atomic E-state index is 12.6. The fourth-order valence-electron chi connectivity index (χ4n) is 3.14. The van der Waals surface area contributed by atoms with E-state index in [-0.39, 0.29) is 11.8 Å². The molecule has 2 aromatic carbocycles. The van der Waals surface area contributed by atoms with E-state index in [1.807, 2.05) is 48.5 Å². The normalized spacial score (nSPS) is 12.3. The highest BCUT2D eigenvalue weighted by molar-refractivity contribution is 7.79. The molecule has 7 nitrogen and oxygen atoms in total. The van der Waals surface area contributed by atoms with Crippen LogP contribution in [0.2, 0.25) is 0 Å². The lowest BCUT2D eigenvalue weighted by molar-refractivity contribution is -0.138. The molecule has 0 radical (unpaired) electrons. The van der Waals surface area contributed by atoms with Crippen LogP contribution in [0.15, 0.2) is 65.2 Å². The standard InChI is InChI=1S/C26H33N3O4S/c1-19(28-34)15-16-27-26(31)20(2)29(3)25(30)12-8-11-21-13-14-23(32-4)24(17-21)33-18-22-9-6-5-7-10-22/h5-7,9-10,13-17,20,34H,8,11-12,18H2,1-4H3,(H,27,31)/b16-15+,28-19-. The quantitative estimate of drug-likeness (QED) is 0.347. The predicted octanol–water partition coefficient (Wildman–Crippen LogP) is 4.38. The molecule has 0 aromatic heterocycles. The number of rotatable bonds is 12. The Hall–Kier alpha value is -3.26. The third-order valence-corrected chi connectivity index (χ3v) is 5.70. The highest BCUT2D eigenvalue weighted by atomic mass is 32.1. The summed E-state index contributed by atoms with van der Waals surface area (Å²) in [6.45, 7) is 3.90. The minimum absolute atomic E-state index is 0.0891. The Bertz CT molecular complexity index is 1010. The number of ether oxygens (including phenoxy) is 2. The first-order chi connectivity index (χ1) is 16.3. The zero-order chi connectivity index (χ0) is 24.9. The van der Waals surface area contributed by atoms with E-state index in [0.29, 0.717) is 43.1 Å². The molecule has 2 rings (SSSR count). The van der Waals surface area contributed by atoms with Crippen molar-refractivity contribution in [2.45, 2.75) is 45.8 Å². The minimum atomic E-state index is -0.593. The number of allylic oxidation sites excluding steroid dienone is 1. The fourth-order valence-corrected chi connectivity index (χ4v) is 3.20. The van der Waals surface area contributed by atoms with Gasteiger partial charge in [-0.15, -0.1) is 0 Å². The van der Waals surface area contributed by atoms with Crippen molar-refractivity contribution in [1.82, 2.24) is 10.2 Å². The molecule has 2 amide bonds. The molecule has 0 heterocycles. The Labute approximate surface area is 207 Å². The van der Waals surface area contributed by atoms with Crippen molar-refractivity contribution in [2.24, 2.45) is 4.40 Å². The number of hydrogen-bond donors (Lipinski definition) is 2. The number of methoxy groups -OCH3 is 1. The maximum Gasteiger partial charge on any atom is 0.246 e. The lowest BCUT2D eigenvalue weighted by Crippen LogP contribution is -2.44. The van der Waals surface area contributed by atoms with Gasteiger partial charge in [0, 0.05) is 25.4 Å². The molecule has 0 spiro atoms. The van der Waals surface area contributed by atoms with Crippen molar-refractivity contribution in [3.8, 4) is 11.5 Å². The molecule has 0 saturated carbocycles. The number of nitrogens with one attached hydrogen (secondary N) is 1. The maximum atomic E-state index is 12.6. The molecule has 0 aliphatic rings. The number of likely N-dealkylation sites (N-methyl/N-ethyl adjacent to an activating group) is 1.